The molecule has 116 valence electrons. The van der Waals surface area contributed by atoms with Crippen molar-refractivity contribution in [3.05, 3.63) is 23.8 Å². The summed E-state index contributed by atoms with van der Waals surface area (Å²) in [6.45, 7) is 1.61. The molecule has 8 heteroatoms. The predicted molar refractivity (Wildman–Crippen MR) is 81.2 cm³/mol. The van der Waals surface area contributed by atoms with Crippen LogP contribution in [0.1, 0.15) is 18.4 Å². The van der Waals surface area contributed by atoms with Gasteiger partial charge in [-0.1, -0.05) is 0 Å². The number of nitrogens with one attached hydrogen (secondary N) is 2. The highest BCUT2D eigenvalue weighted by molar-refractivity contribution is 7.89. The Morgan fingerprint density at radius 2 is 2.05 bits per heavy atom. The summed E-state index contributed by atoms with van der Waals surface area (Å²) in [7, 11) is -2.25. The van der Waals surface area contributed by atoms with E-state index in [-0.39, 0.29) is 29.1 Å². The number of piperidine rings is 1. The van der Waals surface area contributed by atoms with Crippen LogP contribution >= 0.6 is 12.4 Å². The van der Waals surface area contributed by atoms with Crippen LogP contribution < -0.4 is 14.8 Å². The van der Waals surface area contributed by atoms with Gasteiger partial charge in [-0.3, -0.25) is 0 Å². The summed E-state index contributed by atoms with van der Waals surface area (Å²) in [4.78, 5) is 0.0672. The topological polar surface area (TPSA) is 91.2 Å². The first kappa shape index (κ1) is 17.7. The van der Waals surface area contributed by atoms with Crippen molar-refractivity contribution in [2.75, 3.05) is 20.2 Å². The molecule has 1 aliphatic rings. The van der Waals surface area contributed by atoms with Gasteiger partial charge in [-0.15, -0.1) is 12.4 Å². The molecule has 1 heterocycles. The van der Waals surface area contributed by atoms with Crippen molar-refractivity contribution in [1.82, 2.24) is 10.0 Å². The van der Waals surface area contributed by atoms with Crippen LogP contribution in [0.25, 0.3) is 0 Å². The summed E-state index contributed by atoms with van der Waals surface area (Å²) in [5, 5.41) is 12.0. The van der Waals surface area contributed by atoms with E-state index in [1.165, 1.54) is 25.3 Å². The van der Waals surface area contributed by atoms with Crippen LogP contribution in [0.3, 0.4) is 0 Å². The fourth-order valence-electron chi connectivity index (χ4n) is 2.18. The van der Waals surface area contributed by atoms with Crippen molar-refractivity contribution < 1.29 is 13.2 Å². The Labute approximate surface area is 130 Å². The maximum Gasteiger partial charge on any atom is 0.244 e. The monoisotopic (exact) mass is 331 g/mol. The molecule has 0 radical (unpaired) electrons. The Morgan fingerprint density at radius 3 is 2.62 bits per heavy atom. The van der Waals surface area contributed by atoms with Crippen molar-refractivity contribution >= 4 is 22.4 Å². The molecule has 0 amide bonds. The van der Waals surface area contributed by atoms with E-state index in [2.05, 4.69) is 10.0 Å². The number of halogens is 1. The van der Waals surface area contributed by atoms with Crippen LogP contribution in [0.15, 0.2) is 23.1 Å². The minimum Gasteiger partial charge on any atom is -0.495 e. The molecule has 1 fully saturated rings. The molecule has 1 aliphatic heterocycles. The second kappa shape index (κ2) is 7.61. The summed E-state index contributed by atoms with van der Waals surface area (Å²) in [6, 6.07) is 6.19. The second-order valence-electron chi connectivity index (χ2n) is 4.62. The number of sulfonamides is 1. The van der Waals surface area contributed by atoms with Crippen molar-refractivity contribution in [2.45, 2.75) is 23.8 Å². The smallest absolute Gasteiger partial charge is 0.244 e. The molecule has 0 aromatic heterocycles. The largest absolute Gasteiger partial charge is 0.495 e. The van der Waals surface area contributed by atoms with Gasteiger partial charge in [0.25, 0.3) is 0 Å². The lowest BCUT2D eigenvalue weighted by atomic mass is 10.1. The molecule has 0 atom stereocenters. The zero-order valence-electron chi connectivity index (χ0n) is 11.6. The Morgan fingerprint density at radius 1 is 1.38 bits per heavy atom. The predicted octanol–water partition coefficient (Wildman–Crippen LogP) is 1.02. The third-order valence-electron chi connectivity index (χ3n) is 3.24. The molecule has 2 rings (SSSR count). The maximum atomic E-state index is 12.4. The van der Waals surface area contributed by atoms with E-state index >= 15 is 0 Å². The summed E-state index contributed by atoms with van der Waals surface area (Å²) < 4.78 is 32.5. The highest BCUT2D eigenvalue weighted by atomic mass is 35.5. The lowest BCUT2D eigenvalue weighted by molar-refractivity contribution is 0.399. The van der Waals surface area contributed by atoms with Crippen LogP contribution in [-0.2, 0) is 10.0 Å². The Balaban J connectivity index is 0.00000220. The fraction of sp³-hybridized carbons (Fsp3) is 0.462. The summed E-state index contributed by atoms with van der Waals surface area (Å²) in [6.07, 6.45) is 1.52. The fourth-order valence-corrected chi connectivity index (χ4v) is 3.64. The van der Waals surface area contributed by atoms with Crippen LogP contribution in [0.5, 0.6) is 5.75 Å². The summed E-state index contributed by atoms with van der Waals surface area (Å²) in [5.41, 5.74) is 0.364. The van der Waals surface area contributed by atoms with Gasteiger partial charge >= 0.3 is 0 Å². The van der Waals surface area contributed by atoms with Gasteiger partial charge in [0, 0.05) is 6.04 Å². The van der Waals surface area contributed by atoms with Gasteiger partial charge in [-0.25, -0.2) is 13.1 Å². The molecule has 1 aromatic carbocycles. The first-order valence-electron chi connectivity index (χ1n) is 6.38. The highest BCUT2D eigenvalue weighted by Gasteiger charge is 2.24. The van der Waals surface area contributed by atoms with Crippen molar-refractivity contribution in [3.63, 3.8) is 0 Å². The van der Waals surface area contributed by atoms with Crippen molar-refractivity contribution in [2.24, 2.45) is 0 Å². The van der Waals surface area contributed by atoms with Gasteiger partial charge in [-0.2, -0.15) is 5.26 Å². The molecule has 2 N–H and O–H groups in total. The van der Waals surface area contributed by atoms with Crippen LogP contribution in [0.2, 0.25) is 0 Å². The molecule has 6 nitrogen and oxygen atoms in total. The molecular weight excluding hydrogens is 314 g/mol. The van der Waals surface area contributed by atoms with Crippen LogP contribution in [0, 0.1) is 11.3 Å². The lowest BCUT2D eigenvalue weighted by Crippen LogP contribution is -2.42. The van der Waals surface area contributed by atoms with Gasteiger partial charge in [-0.05, 0) is 44.1 Å². The molecule has 0 aliphatic carbocycles. The lowest BCUT2D eigenvalue weighted by Gasteiger charge is -2.23. The Hall–Kier alpha value is -1.33. The third kappa shape index (κ3) is 4.32. The van der Waals surface area contributed by atoms with Crippen LogP contribution in [0.4, 0.5) is 0 Å². The normalized spacial score (nSPS) is 15.8. The first-order valence-corrected chi connectivity index (χ1v) is 7.86. The van der Waals surface area contributed by atoms with Crippen molar-refractivity contribution in [3.8, 4) is 11.8 Å². The van der Waals surface area contributed by atoms with E-state index in [4.69, 9.17) is 10.00 Å². The minimum absolute atomic E-state index is 0. The van der Waals surface area contributed by atoms with E-state index in [0.29, 0.717) is 5.56 Å². The number of methoxy groups -OCH3 is 1. The number of ether oxygens (including phenoxy) is 1. The van der Waals surface area contributed by atoms with E-state index in [1.54, 1.807) is 0 Å². The third-order valence-corrected chi connectivity index (χ3v) is 4.80. The van der Waals surface area contributed by atoms with E-state index in [9.17, 15) is 8.42 Å². The SMILES string of the molecule is COc1cc(C#N)ccc1S(=O)(=O)NC1CCNCC1.Cl. The standard InChI is InChI=1S/C13H17N3O3S.ClH/c1-19-12-8-10(9-14)2-3-13(12)20(17,18)16-11-4-6-15-7-5-11;/h2-3,8,11,15-16H,4-7H2,1H3;1H. The zero-order chi connectivity index (χ0) is 14.6. The highest BCUT2D eigenvalue weighted by Crippen LogP contribution is 2.25. The molecular formula is C13H18ClN3O3S. The molecule has 0 unspecified atom stereocenters. The second-order valence-corrected chi connectivity index (χ2v) is 6.31. The quantitative estimate of drug-likeness (QED) is 0.859. The average molecular weight is 332 g/mol. The molecule has 1 saturated heterocycles. The Bertz CT molecular complexity index is 622. The van der Waals surface area contributed by atoms with E-state index in [0.717, 1.165) is 25.9 Å². The molecule has 0 bridgehead atoms. The van der Waals surface area contributed by atoms with Gasteiger partial charge in [0.05, 0.1) is 18.7 Å². The molecule has 0 spiro atoms. The van der Waals surface area contributed by atoms with Crippen molar-refractivity contribution in [1.29, 1.82) is 5.26 Å². The number of hydrogen-bond acceptors (Lipinski definition) is 5. The summed E-state index contributed by atoms with van der Waals surface area (Å²) in [5.74, 6) is 0.186. The number of nitrogens with zero attached hydrogens (tertiary/aromatic N) is 1. The van der Waals surface area contributed by atoms with Gasteiger partial charge in [0.1, 0.15) is 10.6 Å². The number of hydrogen-bond donors (Lipinski definition) is 2. The molecule has 21 heavy (non-hydrogen) atoms. The summed E-state index contributed by atoms with van der Waals surface area (Å²) >= 11 is 0. The van der Waals surface area contributed by atoms with Crippen LogP contribution in [-0.4, -0.2) is 34.7 Å². The average Bonchev–Trinajstić information content (AvgIpc) is 2.47. The maximum absolute atomic E-state index is 12.4. The Kier molecular flexibility index (Phi) is 6.42. The number of benzene rings is 1. The van der Waals surface area contributed by atoms with Gasteiger partial charge in [0.2, 0.25) is 10.0 Å². The number of rotatable bonds is 4. The first-order chi connectivity index (χ1) is 9.56. The van der Waals surface area contributed by atoms with E-state index < -0.39 is 10.0 Å². The minimum atomic E-state index is -3.64. The van der Waals surface area contributed by atoms with E-state index in [1.807, 2.05) is 6.07 Å². The number of nitriles is 1. The zero-order valence-corrected chi connectivity index (χ0v) is 13.3. The molecule has 1 aromatic rings. The molecule has 0 saturated carbocycles. The van der Waals surface area contributed by atoms with Gasteiger partial charge in [0.15, 0.2) is 0 Å². The van der Waals surface area contributed by atoms with Gasteiger partial charge < -0.3 is 10.1 Å².